The minimum absolute atomic E-state index is 0.0113. The van der Waals surface area contributed by atoms with E-state index in [9.17, 15) is 9.59 Å². The van der Waals surface area contributed by atoms with E-state index in [0.717, 1.165) is 33.9 Å². The summed E-state index contributed by atoms with van der Waals surface area (Å²) in [5, 5.41) is 3.51. The third-order valence-corrected chi connectivity index (χ3v) is 6.49. The van der Waals surface area contributed by atoms with Gasteiger partial charge in [-0.2, -0.15) is 0 Å². The molecule has 1 aliphatic rings. The van der Waals surface area contributed by atoms with E-state index in [0.29, 0.717) is 37.4 Å². The Hall–Kier alpha value is -2.71. The second-order valence-electron chi connectivity index (χ2n) is 7.69. The summed E-state index contributed by atoms with van der Waals surface area (Å²) >= 11 is 1.57. The summed E-state index contributed by atoms with van der Waals surface area (Å²) in [5.74, 6) is 0.677. The van der Waals surface area contributed by atoms with Crippen molar-refractivity contribution in [3.63, 3.8) is 0 Å². The number of hydrogen-bond acceptors (Lipinski definition) is 5. The minimum Gasteiger partial charge on any atom is -0.338 e. The Morgan fingerprint density at radius 3 is 2.53 bits per heavy atom. The van der Waals surface area contributed by atoms with Crippen LogP contribution in [0.25, 0.3) is 21.3 Å². The Labute approximate surface area is 179 Å². The number of benzene rings is 1. The van der Waals surface area contributed by atoms with Crippen LogP contribution in [0.4, 0.5) is 4.79 Å². The van der Waals surface area contributed by atoms with Crippen molar-refractivity contribution in [2.45, 2.75) is 27.3 Å². The summed E-state index contributed by atoms with van der Waals surface area (Å²) in [7, 11) is 0. The lowest BCUT2D eigenvalue weighted by Gasteiger charge is -2.34. The Bertz CT molecular complexity index is 1110. The lowest BCUT2D eigenvalue weighted by atomic mass is 10.0. The first kappa shape index (κ1) is 20.6. The van der Waals surface area contributed by atoms with Crippen molar-refractivity contribution < 1.29 is 4.79 Å². The zero-order valence-corrected chi connectivity index (χ0v) is 18.4. The number of aromatic amines is 1. The maximum Gasteiger partial charge on any atom is 0.317 e. The molecule has 3 aromatic rings. The Kier molecular flexibility index (Phi) is 5.87. The molecule has 158 valence electrons. The molecule has 1 fully saturated rings. The van der Waals surface area contributed by atoms with Gasteiger partial charge in [0.15, 0.2) is 0 Å². The second kappa shape index (κ2) is 8.57. The van der Waals surface area contributed by atoms with Crippen LogP contribution >= 0.6 is 11.3 Å². The number of amides is 2. The van der Waals surface area contributed by atoms with Gasteiger partial charge in [-0.05, 0) is 26.3 Å². The summed E-state index contributed by atoms with van der Waals surface area (Å²) in [4.78, 5) is 38.6. The molecule has 8 heteroatoms. The van der Waals surface area contributed by atoms with Crippen molar-refractivity contribution in [1.29, 1.82) is 0 Å². The maximum atomic E-state index is 13.0. The number of urea groups is 1. The van der Waals surface area contributed by atoms with Gasteiger partial charge in [0.25, 0.3) is 5.56 Å². The molecule has 1 aromatic carbocycles. The average molecular weight is 426 g/mol. The number of thiophene rings is 1. The number of hydrogen-bond donors (Lipinski definition) is 2. The minimum atomic E-state index is -0.0871. The number of nitrogens with zero attached hydrogens (tertiary/aromatic N) is 3. The number of H-pyrrole nitrogens is 1. The van der Waals surface area contributed by atoms with Gasteiger partial charge in [-0.15, -0.1) is 11.3 Å². The van der Waals surface area contributed by atoms with Crippen LogP contribution in [0.15, 0.2) is 29.1 Å². The van der Waals surface area contributed by atoms with E-state index >= 15 is 0 Å². The van der Waals surface area contributed by atoms with Gasteiger partial charge in [0.05, 0.1) is 11.9 Å². The number of carbonyl (C=O) groups excluding carboxylic acids is 1. The van der Waals surface area contributed by atoms with Crippen molar-refractivity contribution in [2.75, 3.05) is 32.7 Å². The van der Waals surface area contributed by atoms with Gasteiger partial charge in [0.1, 0.15) is 10.7 Å². The predicted molar refractivity (Wildman–Crippen MR) is 121 cm³/mol. The zero-order chi connectivity index (χ0) is 21.3. The molecule has 0 atom stereocenters. The number of carbonyl (C=O) groups is 1. The molecule has 0 aliphatic carbocycles. The van der Waals surface area contributed by atoms with Gasteiger partial charge in [-0.25, -0.2) is 9.78 Å². The third kappa shape index (κ3) is 4.11. The Morgan fingerprint density at radius 2 is 1.87 bits per heavy atom. The third-order valence-electron chi connectivity index (χ3n) is 5.49. The Morgan fingerprint density at radius 1 is 1.17 bits per heavy atom. The Balaban J connectivity index is 1.54. The molecule has 4 rings (SSSR count). The standard InChI is InChI=1S/C22H27N5O2S/c1-4-23-22(29)27-11-9-26(10-12-27)13-17-24-20(28)19-18(15(3)30-21(19)25-17)16-7-5-14(2)6-8-16/h5-8H,4,9-13H2,1-3H3,(H,23,29)(H,24,25,28). The van der Waals surface area contributed by atoms with Crippen molar-refractivity contribution in [2.24, 2.45) is 0 Å². The van der Waals surface area contributed by atoms with Crippen molar-refractivity contribution >= 4 is 27.6 Å². The number of piperazine rings is 1. The van der Waals surface area contributed by atoms with Crippen LogP contribution in [0.3, 0.4) is 0 Å². The highest BCUT2D eigenvalue weighted by Gasteiger charge is 2.22. The van der Waals surface area contributed by atoms with Gasteiger partial charge in [0.2, 0.25) is 0 Å². The van der Waals surface area contributed by atoms with Gasteiger partial charge in [0, 0.05) is 43.2 Å². The molecule has 2 amide bonds. The highest BCUT2D eigenvalue weighted by Crippen LogP contribution is 2.35. The van der Waals surface area contributed by atoms with Crippen LogP contribution < -0.4 is 10.9 Å². The molecular formula is C22H27N5O2S. The van der Waals surface area contributed by atoms with Crippen molar-refractivity contribution in [1.82, 2.24) is 25.1 Å². The summed E-state index contributed by atoms with van der Waals surface area (Å²) in [6.45, 7) is 10.1. The fourth-order valence-corrected chi connectivity index (χ4v) is 4.95. The zero-order valence-electron chi connectivity index (χ0n) is 17.6. The summed E-state index contributed by atoms with van der Waals surface area (Å²) < 4.78 is 0. The SMILES string of the molecule is CCNC(=O)N1CCN(Cc2nc3sc(C)c(-c4ccc(C)cc4)c3c(=O)[nH]2)CC1. The predicted octanol–water partition coefficient (Wildman–Crippen LogP) is 3.12. The second-order valence-corrected chi connectivity index (χ2v) is 8.89. The number of aryl methyl sites for hydroxylation is 2. The molecule has 2 N–H and O–H groups in total. The van der Waals surface area contributed by atoms with Crippen LogP contribution in [0.5, 0.6) is 0 Å². The first-order chi connectivity index (χ1) is 14.5. The van der Waals surface area contributed by atoms with Crippen LogP contribution in [0.1, 0.15) is 23.2 Å². The molecule has 0 radical (unpaired) electrons. The molecule has 1 saturated heterocycles. The first-order valence-electron chi connectivity index (χ1n) is 10.3. The maximum absolute atomic E-state index is 13.0. The molecule has 1 aliphatic heterocycles. The van der Waals surface area contributed by atoms with E-state index in [1.807, 2.05) is 18.7 Å². The molecule has 3 heterocycles. The van der Waals surface area contributed by atoms with Crippen LogP contribution in [-0.4, -0.2) is 58.5 Å². The van der Waals surface area contributed by atoms with E-state index in [1.165, 1.54) is 5.56 Å². The summed E-state index contributed by atoms with van der Waals surface area (Å²) in [5.41, 5.74) is 3.13. The van der Waals surface area contributed by atoms with Crippen LogP contribution in [0, 0.1) is 13.8 Å². The number of fused-ring (bicyclic) bond motifs is 1. The van der Waals surface area contributed by atoms with Gasteiger partial charge in [-0.1, -0.05) is 29.8 Å². The molecule has 0 bridgehead atoms. The van der Waals surface area contributed by atoms with Crippen molar-refractivity contribution in [3.8, 4) is 11.1 Å². The molecule has 0 saturated carbocycles. The monoisotopic (exact) mass is 425 g/mol. The fraction of sp³-hybridized carbons (Fsp3) is 0.409. The van der Waals surface area contributed by atoms with E-state index < -0.39 is 0 Å². The highest BCUT2D eigenvalue weighted by molar-refractivity contribution is 7.19. The van der Waals surface area contributed by atoms with Gasteiger partial charge < -0.3 is 15.2 Å². The lowest BCUT2D eigenvalue weighted by Crippen LogP contribution is -2.51. The smallest absolute Gasteiger partial charge is 0.317 e. The first-order valence-corrected chi connectivity index (χ1v) is 11.1. The van der Waals surface area contributed by atoms with Crippen molar-refractivity contribution in [3.05, 3.63) is 50.9 Å². The van der Waals surface area contributed by atoms with E-state index in [1.54, 1.807) is 11.3 Å². The number of nitrogens with one attached hydrogen (secondary N) is 2. The largest absolute Gasteiger partial charge is 0.338 e. The van der Waals surface area contributed by atoms with Gasteiger partial charge >= 0.3 is 6.03 Å². The van der Waals surface area contributed by atoms with Gasteiger partial charge in [-0.3, -0.25) is 9.69 Å². The lowest BCUT2D eigenvalue weighted by molar-refractivity contribution is 0.134. The van der Waals surface area contributed by atoms with E-state index in [4.69, 9.17) is 4.98 Å². The van der Waals surface area contributed by atoms with E-state index in [-0.39, 0.29) is 11.6 Å². The normalized spacial score (nSPS) is 15.0. The topological polar surface area (TPSA) is 81.3 Å². The number of rotatable bonds is 4. The molecular weight excluding hydrogens is 398 g/mol. The molecule has 2 aromatic heterocycles. The highest BCUT2D eigenvalue weighted by atomic mass is 32.1. The molecule has 7 nitrogen and oxygen atoms in total. The summed E-state index contributed by atoms with van der Waals surface area (Å²) in [6, 6.07) is 8.24. The van der Waals surface area contributed by atoms with Crippen LogP contribution in [-0.2, 0) is 6.54 Å². The van der Waals surface area contributed by atoms with Crippen LogP contribution in [0.2, 0.25) is 0 Å². The average Bonchev–Trinajstić information content (AvgIpc) is 3.05. The fourth-order valence-electron chi connectivity index (χ4n) is 3.89. The summed E-state index contributed by atoms with van der Waals surface area (Å²) in [6.07, 6.45) is 0. The molecule has 0 unspecified atom stereocenters. The quantitative estimate of drug-likeness (QED) is 0.673. The van der Waals surface area contributed by atoms with E-state index in [2.05, 4.69) is 46.4 Å². The molecule has 0 spiro atoms. The molecule has 30 heavy (non-hydrogen) atoms. The number of aromatic nitrogens is 2.